The van der Waals surface area contributed by atoms with Gasteiger partial charge in [0.1, 0.15) is 5.82 Å². The summed E-state index contributed by atoms with van der Waals surface area (Å²) in [5.41, 5.74) is 5.24. The molecule has 1 fully saturated rings. The summed E-state index contributed by atoms with van der Waals surface area (Å²) in [6.45, 7) is 1.34. The minimum absolute atomic E-state index is 0.244. The van der Waals surface area contributed by atoms with Crippen LogP contribution < -0.4 is 5.73 Å². The first-order valence-electron chi connectivity index (χ1n) is 5.65. The fraction of sp³-hybridized carbons (Fsp3) is 0.636. The van der Waals surface area contributed by atoms with Crippen LogP contribution in [0.2, 0.25) is 0 Å². The van der Waals surface area contributed by atoms with E-state index in [0.29, 0.717) is 12.6 Å². The number of imidazole rings is 1. The monoisotopic (exact) mass is 222 g/mol. The van der Waals surface area contributed by atoms with Gasteiger partial charge < -0.3 is 10.3 Å². The molecule has 1 aromatic heterocycles. The van der Waals surface area contributed by atoms with Crippen LogP contribution in [0.25, 0.3) is 0 Å². The van der Waals surface area contributed by atoms with Crippen LogP contribution in [-0.2, 0) is 18.3 Å². The highest BCUT2D eigenvalue weighted by atomic mass is 16.1. The van der Waals surface area contributed by atoms with Crippen molar-refractivity contribution < 1.29 is 4.79 Å². The minimum Gasteiger partial charge on any atom is -0.369 e. The summed E-state index contributed by atoms with van der Waals surface area (Å²) in [5.74, 6) is 0.827. The third-order valence-electron chi connectivity index (χ3n) is 3.20. The maximum atomic E-state index is 10.9. The molecule has 0 radical (unpaired) electrons. The highest BCUT2D eigenvalue weighted by Crippen LogP contribution is 2.19. The molecular formula is C11H18N4O. The molecule has 88 valence electrons. The Labute approximate surface area is 95.2 Å². The molecule has 1 aliphatic rings. The van der Waals surface area contributed by atoms with Crippen molar-refractivity contribution in [2.45, 2.75) is 25.3 Å². The van der Waals surface area contributed by atoms with E-state index in [4.69, 9.17) is 5.73 Å². The smallest absolute Gasteiger partial charge is 0.231 e. The van der Waals surface area contributed by atoms with Crippen molar-refractivity contribution in [3.8, 4) is 0 Å². The standard InChI is InChI=1S/C11H18N4O/c1-14-6-4-13-11(14)7-9-3-2-5-15(9)8-10(12)16/h4,6,9H,2-3,5,7-8H2,1H3,(H2,12,16)/t9-/m1/s1. The van der Waals surface area contributed by atoms with Crippen LogP contribution >= 0.6 is 0 Å². The number of aromatic nitrogens is 2. The lowest BCUT2D eigenvalue weighted by Crippen LogP contribution is -2.38. The molecule has 0 bridgehead atoms. The third-order valence-corrected chi connectivity index (χ3v) is 3.20. The number of nitrogens with zero attached hydrogens (tertiary/aromatic N) is 3. The van der Waals surface area contributed by atoms with Gasteiger partial charge in [-0.05, 0) is 19.4 Å². The number of nitrogens with two attached hydrogens (primary N) is 1. The summed E-state index contributed by atoms with van der Waals surface area (Å²) in [7, 11) is 2.00. The number of rotatable bonds is 4. The summed E-state index contributed by atoms with van der Waals surface area (Å²) >= 11 is 0. The Morgan fingerprint density at radius 2 is 2.50 bits per heavy atom. The van der Waals surface area contributed by atoms with Gasteiger partial charge >= 0.3 is 0 Å². The molecule has 1 amide bonds. The van der Waals surface area contributed by atoms with Gasteiger partial charge in [0.2, 0.25) is 5.91 Å². The lowest BCUT2D eigenvalue weighted by Gasteiger charge is -2.22. The van der Waals surface area contributed by atoms with Gasteiger partial charge in [-0.1, -0.05) is 0 Å². The normalized spacial score (nSPS) is 21.4. The highest BCUT2D eigenvalue weighted by molar-refractivity contribution is 5.76. The fourth-order valence-corrected chi connectivity index (χ4v) is 2.34. The molecule has 0 aromatic carbocycles. The van der Waals surface area contributed by atoms with E-state index in [1.807, 2.05) is 24.0 Å². The number of aryl methyl sites for hydroxylation is 1. The van der Waals surface area contributed by atoms with Crippen LogP contribution in [0.15, 0.2) is 12.4 Å². The van der Waals surface area contributed by atoms with E-state index in [-0.39, 0.29) is 5.91 Å². The Morgan fingerprint density at radius 3 is 3.12 bits per heavy atom. The first-order valence-corrected chi connectivity index (χ1v) is 5.65. The van der Waals surface area contributed by atoms with E-state index in [9.17, 15) is 4.79 Å². The Balaban J connectivity index is 1.98. The maximum Gasteiger partial charge on any atom is 0.231 e. The zero-order valence-corrected chi connectivity index (χ0v) is 9.59. The Bertz CT molecular complexity index is 374. The van der Waals surface area contributed by atoms with Gasteiger partial charge in [0, 0.05) is 31.9 Å². The van der Waals surface area contributed by atoms with Crippen LogP contribution in [0, 0.1) is 0 Å². The molecule has 5 heteroatoms. The average molecular weight is 222 g/mol. The van der Waals surface area contributed by atoms with E-state index in [1.165, 1.54) is 0 Å². The molecule has 2 rings (SSSR count). The number of likely N-dealkylation sites (tertiary alicyclic amines) is 1. The minimum atomic E-state index is -0.244. The average Bonchev–Trinajstić information content (AvgIpc) is 2.78. The van der Waals surface area contributed by atoms with Crippen molar-refractivity contribution in [3.63, 3.8) is 0 Å². The molecule has 0 unspecified atom stereocenters. The second kappa shape index (κ2) is 4.65. The summed E-state index contributed by atoms with van der Waals surface area (Å²) < 4.78 is 2.03. The van der Waals surface area contributed by atoms with Gasteiger partial charge in [-0.15, -0.1) is 0 Å². The molecule has 1 saturated heterocycles. The number of hydrogen-bond donors (Lipinski definition) is 1. The summed E-state index contributed by atoms with van der Waals surface area (Å²) in [4.78, 5) is 17.4. The van der Waals surface area contributed by atoms with Gasteiger partial charge in [0.15, 0.2) is 0 Å². The van der Waals surface area contributed by atoms with Gasteiger partial charge in [0.25, 0.3) is 0 Å². The first-order chi connectivity index (χ1) is 7.66. The quantitative estimate of drug-likeness (QED) is 0.774. The number of carbonyl (C=O) groups is 1. The molecular weight excluding hydrogens is 204 g/mol. The van der Waals surface area contributed by atoms with E-state index in [2.05, 4.69) is 9.88 Å². The zero-order chi connectivity index (χ0) is 11.5. The SMILES string of the molecule is Cn1ccnc1C[C@H]1CCCN1CC(N)=O. The van der Waals surface area contributed by atoms with E-state index in [1.54, 1.807) is 0 Å². The molecule has 16 heavy (non-hydrogen) atoms. The van der Waals surface area contributed by atoms with Crippen molar-refractivity contribution in [2.24, 2.45) is 12.8 Å². The zero-order valence-electron chi connectivity index (χ0n) is 9.59. The van der Waals surface area contributed by atoms with Crippen molar-refractivity contribution >= 4 is 5.91 Å². The van der Waals surface area contributed by atoms with Crippen molar-refractivity contribution in [3.05, 3.63) is 18.2 Å². The van der Waals surface area contributed by atoms with Crippen LogP contribution in [0.3, 0.4) is 0 Å². The second-order valence-electron chi connectivity index (χ2n) is 4.39. The fourth-order valence-electron chi connectivity index (χ4n) is 2.34. The van der Waals surface area contributed by atoms with Crippen molar-refractivity contribution in [1.29, 1.82) is 0 Å². The largest absolute Gasteiger partial charge is 0.369 e. The second-order valence-corrected chi connectivity index (χ2v) is 4.39. The summed E-state index contributed by atoms with van der Waals surface area (Å²) in [6, 6.07) is 0.411. The maximum absolute atomic E-state index is 10.9. The number of hydrogen-bond acceptors (Lipinski definition) is 3. The summed E-state index contributed by atoms with van der Waals surface area (Å²) in [5, 5.41) is 0. The number of primary amides is 1. The summed E-state index contributed by atoms with van der Waals surface area (Å²) in [6.07, 6.45) is 6.92. The lowest BCUT2D eigenvalue weighted by atomic mass is 10.1. The van der Waals surface area contributed by atoms with Gasteiger partial charge in [0.05, 0.1) is 6.54 Å². The van der Waals surface area contributed by atoms with Gasteiger partial charge in [-0.25, -0.2) is 4.98 Å². The van der Waals surface area contributed by atoms with Crippen LogP contribution in [0.5, 0.6) is 0 Å². The molecule has 5 nitrogen and oxygen atoms in total. The molecule has 0 aliphatic carbocycles. The predicted octanol–water partition coefficient (Wildman–Crippen LogP) is -0.0877. The van der Waals surface area contributed by atoms with Crippen molar-refractivity contribution in [1.82, 2.24) is 14.5 Å². The first kappa shape index (κ1) is 11.1. The molecule has 0 spiro atoms. The Kier molecular flexibility index (Phi) is 3.24. The predicted molar refractivity (Wildman–Crippen MR) is 60.7 cm³/mol. The Hall–Kier alpha value is -1.36. The van der Waals surface area contributed by atoms with Gasteiger partial charge in [-0.3, -0.25) is 9.69 Å². The van der Waals surface area contributed by atoms with Gasteiger partial charge in [-0.2, -0.15) is 0 Å². The highest BCUT2D eigenvalue weighted by Gasteiger charge is 2.26. The molecule has 1 atom stereocenters. The third kappa shape index (κ3) is 2.41. The molecule has 1 aliphatic heterocycles. The Morgan fingerprint density at radius 1 is 1.69 bits per heavy atom. The lowest BCUT2D eigenvalue weighted by molar-refractivity contribution is -0.119. The number of amides is 1. The molecule has 2 heterocycles. The molecule has 2 N–H and O–H groups in total. The molecule has 0 saturated carbocycles. The van der Waals surface area contributed by atoms with Crippen molar-refractivity contribution in [2.75, 3.05) is 13.1 Å². The van der Waals surface area contributed by atoms with Crippen LogP contribution in [-0.4, -0.2) is 39.5 Å². The van der Waals surface area contributed by atoms with E-state index >= 15 is 0 Å². The van der Waals surface area contributed by atoms with E-state index < -0.39 is 0 Å². The molecule has 1 aromatic rings. The van der Waals surface area contributed by atoms with Crippen LogP contribution in [0.1, 0.15) is 18.7 Å². The number of carbonyl (C=O) groups excluding carboxylic acids is 1. The van der Waals surface area contributed by atoms with Crippen LogP contribution in [0.4, 0.5) is 0 Å². The topological polar surface area (TPSA) is 64.2 Å². The van der Waals surface area contributed by atoms with E-state index in [0.717, 1.165) is 31.6 Å².